The zero-order chi connectivity index (χ0) is 22.3. The summed E-state index contributed by atoms with van der Waals surface area (Å²) in [4.78, 5) is 23.1. The monoisotopic (exact) mass is 431 g/mol. The molecule has 0 saturated carbocycles. The summed E-state index contributed by atoms with van der Waals surface area (Å²) in [5.74, 6) is 0.817. The van der Waals surface area contributed by atoms with Gasteiger partial charge in [0.05, 0.1) is 5.69 Å². The van der Waals surface area contributed by atoms with Gasteiger partial charge in [0.15, 0.2) is 0 Å². The zero-order valence-corrected chi connectivity index (χ0v) is 18.1. The number of amides is 1. The fraction of sp³-hybridized carbons (Fsp3) is 0.320. The normalized spacial score (nSPS) is 16.7. The zero-order valence-electron chi connectivity index (χ0n) is 18.1. The van der Waals surface area contributed by atoms with Gasteiger partial charge in [-0.25, -0.2) is 9.97 Å². The Kier molecular flexibility index (Phi) is 7.09. The van der Waals surface area contributed by atoms with Crippen LogP contribution in [0.25, 0.3) is 11.3 Å². The Morgan fingerprint density at radius 3 is 2.78 bits per heavy atom. The molecule has 0 bridgehead atoms. The van der Waals surface area contributed by atoms with Crippen LogP contribution in [0.3, 0.4) is 0 Å². The van der Waals surface area contributed by atoms with Crippen molar-refractivity contribution < 1.29 is 9.90 Å². The van der Waals surface area contributed by atoms with Crippen molar-refractivity contribution >= 4 is 5.91 Å². The predicted octanol–water partition coefficient (Wildman–Crippen LogP) is 2.28. The van der Waals surface area contributed by atoms with Crippen LogP contribution in [0.4, 0.5) is 0 Å². The van der Waals surface area contributed by atoms with E-state index in [0.29, 0.717) is 13.1 Å². The third-order valence-electron chi connectivity index (χ3n) is 5.80. The Morgan fingerprint density at radius 2 is 1.97 bits per heavy atom. The van der Waals surface area contributed by atoms with Crippen molar-refractivity contribution in [2.45, 2.75) is 31.8 Å². The van der Waals surface area contributed by atoms with Crippen LogP contribution in [0.15, 0.2) is 60.8 Å². The van der Waals surface area contributed by atoms with Crippen LogP contribution in [-0.4, -0.2) is 51.6 Å². The summed E-state index contributed by atoms with van der Waals surface area (Å²) in [6.07, 6.45) is 4.45. The first-order valence-corrected chi connectivity index (χ1v) is 11.0. The van der Waals surface area contributed by atoms with Crippen LogP contribution in [0.2, 0.25) is 0 Å². The molecule has 7 heteroatoms. The van der Waals surface area contributed by atoms with E-state index in [2.05, 4.69) is 33.4 Å². The van der Waals surface area contributed by atoms with Gasteiger partial charge in [-0.2, -0.15) is 0 Å². The molecule has 4 N–H and O–H groups in total. The van der Waals surface area contributed by atoms with Crippen LogP contribution in [0.1, 0.15) is 23.4 Å². The number of primary amides is 1. The number of piperazine rings is 1. The fourth-order valence-corrected chi connectivity index (χ4v) is 4.07. The molecule has 1 amide bonds. The lowest BCUT2D eigenvalue weighted by atomic mass is 10.1. The molecule has 2 heterocycles. The molecule has 3 aromatic rings. The molecule has 2 aromatic carbocycles. The number of nitrogens with two attached hydrogens (primary N) is 1. The van der Waals surface area contributed by atoms with E-state index in [-0.39, 0.29) is 17.7 Å². The van der Waals surface area contributed by atoms with Gasteiger partial charge < -0.3 is 16.2 Å². The maximum Gasteiger partial charge on any atom is 0.236 e. The van der Waals surface area contributed by atoms with Gasteiger partial charge in [0.1, 0.15) is 17.6 Å². The number of rotatable bonds is 8. The Hall–Kier alpha value is -3.29. The number of nitrogens with one attached hydrogen (secondary N) is 1. The predicted molar refractivity (Wildman–Crippen MR) is 124 cm³/mol. The number of carbonyl (C=O) groups is 1. The second-order valence-electron chi connectivity index (χ2n) is 8.17. The van der Waals surface area contributed by atoms with Gasteiger partial charge in [0, 0.05) is 44.4 Å². The minimum Gasteiger partial charge on any atom is -0.508 e. The standard InChI is InChI=1S/C25H29N5O2/c26-25(32)23-16-27-13-14-30(23)17-19-4-1-5-20(15-19)22-11-12-28-24(29-22)6-2-3-18-7-9-21(31)10-8-18/h1,4-5,7-12,15,23,27,31H,2-3,6,13-14,16-17H2,(H2,26,32). The summed E-state index contributed by atoms with van der Waals surface area (Å²) in [5, 5.41) is 12.6. The lowest BCUT2D eigenvalue weighted by molar-refractivity contribution is -0.124. The minimum atomic E-state index is -0.291. The van der Waals surface area contributed by atoms with Crippen molar-refractivity contribution in [2.24, 2.45) is 5.73 Å². The number of phenols is 1. The number of aromatic hydroxyl groups is 1. The SMILES string of the molecule is NC(=O)C1CNCCN1Cc1cccc(-c2ccnc(CCCc3ccc(O)cc3)n2)c1. The van der Waals surface area contributed by atoms with E-state index < -0.39 is 0 Å². The highest BCUT2D eigenvalue weighted by Crippen LogP contribution is 2.20. The van der Waals surface area contributed by atoms with Crippen molar-refractivity contribution in [1.82, 2.24) is 20.2 Å². The van der Waals surface area contributed by atoms with Gasteiger partial charge in [0.25, 0.3) is 0 Å². The number of nitrogens with zero attached hydrogens (tertiary/aromatic N) is 3. The summed E-state index contributed by atoms with van der Waals surface area (Å²) in [5.41, 5.74) is 9.83. The third-order valence-corrected chi connectivity index (χ3v) is 5.80. The summed E-state index contributed by atoms with van der Waals surface area (Å²) < 4.78 is 0. The molecular weight excluding hydrogens is 402 g/mol. The van der Waals surface area contributed by atoms with E-state index in [0.717, 1.165) is 55.0 Å². The van der Waals surface area contributed by atoms with Gasteiger partial charge in [-0.15, -0.1) is 0 Å². The Morgan fingerprint density at radius 1 is 1.12 bits per heavy atom. The number of carbonyl (C=O) groups excluding carboxylic acids is 1. The number of hydrogen-bond acceptors (Lipinski definition) is 6. The fourth-order valence-electron chi connectivity index (χ4n) is 4.07. The molecule has 4 rings (SSSR count). The van der Waals surface area contributed by atoms with Gasteiger partial charge in [-0.1, -0.05) is 30.3 Å². The van der Waals surface area contributed by atoms with Crippen molar-refractivity contribution in [2.75, 3.05) is 19.6 Å². The average molecular weight is 432 g/mol. The van der Waals surface area contributed by atoms with Crippen molar-refractivity contribution in [3.8, 4) is 17.0 Å². The molecule has 1 aliphatic heterocycles. The Balaban J connectivity index is 1.41. The van der Waals surface area contributed by atoms with E-state index >= 15 is 0 Å². The van der Waals surface area contributed by atoms with E-state index in [1.165, 1.54) is 5.56 Å². The highest BCUT2D eigenvalue weighted by atomic mass is 16.3. The lowest BCUT2D eigenvalue weighted by Gasteiger charge is -2.34. The number of phenolic OH excluding ortho intramolecular Hbond substituents is 1. The lowest BCUT2D eigenvalue weighted by Crippen LogP contribution is -2.56. The van der Waals surface area contributed by atoms with Gasteiger partial charge >= 0.3 is 0 Å². The van der Waals surface area contributed by atoms with E-state index in [1.54, 1.807) is 12.1 Å². The molecule has 0 spiro atoms. The molecule has 7 nitrogen and oxygen atoms in total. The molecule has 32 heavy (non-hydrogen) atoms. The second-order valence-corrected chi connectivity index (χ2v) is 8.17. The van der Waals surface area contributed by atoms with Gasteiger partial charge in [-0.05, 0) is 48.2 Å². The summed E-state index contributed by atoms with van der Waals surface area (Å²) in [7, 11) is 0. The van der Waals surface area contributed by atoms with Crippen LogP contribution in [-0.2, 0) is 24.2 Å². The van der Waals surface area contributed by atoms with Gasteiger partial charge in [-0.3, -0.25) is 9.69 Å². The molecule has 1 aliphatic rings. The first kappa shape index (κ1) is 21.9. The maximum absolute atomic E-state index is 11.8. The molecule has 1 fully saturated rings. The summed E-state index contributed by atoms with van der Waals surface area (Å²) in [6.45, 7) is 2.90. The molecule has 1 atom stereocenters. The molecule has 166 valence electrons. The minimum absolute atomic E-state index is 0.286. The maximum atomic E-state index is 11.8. The molecular formula is C25H29N5O2. The van der Waals surface area contributed by atoms with E-state index in [4.69, 9.17) is 10.7 Å². The van der Waals surface area contributed by atoms with Crippen LogP contribution in [0, 0.1) is 0 Å². The summed E-state index contributed by atoms with van der Waals surface area (Å²) in [6, 6.07) is 17.2. The molecule has 1 saturated heterocycles. The first-order valence-electron chi connectivity index (χ1n) is 11.0. The Bertz CT molecular complexity index is 1050. The number of benzene rings is 2. The van der Waals surface area contributed by atoms with Crippen LogP contribution >= 0.6 is 0 Å². The van der Waals surface area contributed by atoms with Crippen molar-refractivity contribution in [1.29, 1.82) is 0 Å². The number of hydrogen-bond donors (Lipinski definition) is 3. The summed E-state index contributed by atoms with van der Waals surface area (Å²) >= 11 is 0. The molecule has 1 aromatic heterocycles. The molecule has 0 aliphatic carbocycles. The smallest absolute Gasteiger partial charge is 0.236 e. The van der Waals surface area contributed by atoms with E-state index in [1.807, 2.05) is 30.5 Å². The van der Waals surface area contributed by atoms with Crippen LogP contribution < -0.4 is 11.1 Å². The van der Waals surface area contributed by atoms with Crippen molar-refractivity contribution in [3.05, 3.63) is 77.7 Å². The van der Waals surface area contributed by atoms with Crippen molar-refractivity contribution in [3.63, 3.8) is 0 Å². The largest absolute Gasteiger partial charge is 0.508 e. The highest BCUT2D eigenvalue weighted by molar-refractivity contribution is 5.80. The van der Waals surface area contributed by atoms with E-state index in [9.17, 15) is 9.90 Å². The second kappa shape index (κ2) is 10.3. The topological polar surface area (TPSA) is 104 Å². The highest BCUT2D eigenvalue weighted by Gasteiger charge is 2.26. The molecule has 1 unspecified atom stereocenters. The number of aromatic nitrogens is 2. The quantitative estimate of drug-likeness (QED) is 0.506. The first-order chi connectivity index (χ1) is 15.6. The third kappa shape index (κ3) is 5.69. The van der Waals surface area contributed by atoms with Crippen LogP contribution in [0.5, 0.6) is 5.75 Å². The van der Waals surface area contributed by atoms with Gasteiger partial charge in [0.2, 0.25) is 5.91 Å². The number of aryl methyl sites for hydroxylation is 2. The Labute approximate surface area is 188 Å². The molecule has 0 radical (unpaired) electrons. The average Bonchev–Trinajstić information content (AvgIpc) is 2.81.